The lowest BCUT2D eigenvalue weighted by Gasteiger charge is -2.18. The molecule has 0 aromatic rings. The Balaban J connectivity index is 4.02. The van der Waals surface area contributed by atoms with Gasteiger partial charge >= 0.3 is 17.9 Å². The third kappa shape index (κ3) is 54.8. The highest BCUT2D eigenvalue weighted by Gasteiger charge is 2.19. The Kier molecular flexibility index (Phi) is 55.7. The van der Waals surface area contributed by atoms with Crippen molar-refractivity contribution in [3.8, 4) is 0 Å². The smallest absolute Gasteiger partial charge is 0.306 e. The standard InChI is InChI=1S/C62H116O6/c1-4-7-10-13-16-18-20-22-24-25-26-27-28-29-30-31-32-33-34-35-36-38-39-41-43-46-49-52-55-61(64)67-58-59(57-66-60(63)54-51-48-45-15-12-9-6-3)68-62(65)56-53-50-47-44-42-40-37-23-21-19-17-14-11-8-5-2/h17,19,23,37,59H,4-16,18,20-22,24-36,38-58H2,1-3H3/b19-17-,37-23-. The Bertz CT molecular complexity index is 1100. The molecule has 1 unspecified atom stereocenters. The van der Waals surface area contributed by atoms with E-state index in [2.05, 4.69) is 45.1 Å². The minimum Gasteiger partial charge on any atom is -0.462 e. The van der Waals surface area contributed by atoms with Gasteiger partial charge in [-0.2, -0.15) is 0 Å². The molecular formula is C62H116O6. The maximum absolute atomic E-state index is 12.8. The van der Waals surface area contributed by atoms with Crippen LogP contribution in [0.1, 0.15) is 335 Å². The van der Waals surface area contributed by atoms with Gasteiger partial charge < -0.3 is 14.2 Å². The van der Waals surface area contributed by atoms with Crippen molar-refractivity contribution in [1.29, 1.82) is 0 Å². The molecule has 0 bridgehead atoms. The van der Waals surface area contributed by atoms with E-state index in [1.165, 1.54) is 218 Å². The van der Waals surface area contributed by atoms with Gasteiger partial charge in [-0.25, -0.2) is 0 Å². The third-order valence-corrected chi connectivity index (χ3v) is 13.7. The van der Waals surface area contributed by atoms with Gasteiger partial charge in [-0.15, -0.1) is 0 Å². The SMILES string of the molecule is CCCCC/C=C\C/C=C\CCCCCCCC(=O)OC(COC(=O)CCCCCCCCC)COC(=O)CCCCCCCCCCCCCCCCCCCCCCCCCCCCCC. The molecule has 0 saturated heterocycles. The van der Waals surface area contributed by atoms with Gasteiger partial charge in [-0.05, 0) is 51.4 Å². The fraction of sp³-hybridized carbons (Fsp3) is 0.887. The maximum Gasteiger partial charge on any atom is 0.306 e. The second-order valence-corrected chi connectivity index (χ2v) is 20.6. The highest BCUT2D eigenvalue weighted by Crippen LogP contribution is 2.18. The summed E-state index contributed by atoms with van der Waals surface area (Å²) in [6.07, 6.45) is 67.9. The second kappa shape index (κ2) is 57.5. The number of esters is 3. The van der Waals surface area contributed by atoms with Crippen LogP contribution >= 0.6 is 0 Å². The van der Waals surface area contributed by atoms with Crippen LogP contribution in [0.3, 0.4) is 0 Å². The van der Waals surface area contributed by atoms with Crippen molar-refractivity contribution >= 4 is 17.9 Å². The van der Waals surface area contributed by atoms with Crippen molar-refractivity contribution in [3.63, 3.8) is 0 Å². The van der Waals surface area contributed by atoms with Gasteiger partial charge in [-0.3, -0.25) is 14.4 Å². The Morgan fingerprint density at radius 1 is 0.294 bits per heavy atom. The summed E-state index contributed by atoms with van der Waals surface area (Å²) >= 11 is 0. The van der Waals surface area contributed by atoms with Crippen LogP contribution in [-0.2, 0) is 28.6 Å². The van der Waals surface area contributed by atoms with Gasteiger partial charge in [0.1, 0.15) is 13.2 Å². The summed E-state index contributed by atoms with van der Waals surface area (Å²) in [4.78, 5) is 37.9. The average Bonchev–Trinajstić information content (AvgIpc) is 3.34. The van der Waals surface area contributed by atoms with Crippen molar-refractivity contribution in [2.75, 3.05) is 13.2 Å². The zero-order valence-corrected chi connectivity index (χ0v) is 45.9. The molecule has 0 saturated carbocycles. The lowest BCUT2D eigenvalue weighted by atomic mass is 10.0. The summed E-state index contributed by atoms with van der Waals surface area (Å²) < 4.78 is 16.8. The van der Waals surface area contributed by atoms with Crippen molar-refractivity contribution in [3.05, 3.63) is 24.3 Å². The monoisotopic (exact) mass is 957 g/mol. The second-order valence-electron chi connectivity index (χ2n) is 20.6. The van der Waals surface area contributed by atoms with Crippen LogP contribution in [0.25, 0.3) is 0 Å². The number of carbonyl (C=O) groups is 3. The van der Waals surface area contributed by atoms with Crippen LogP contribution in [0.4, 0.5) is 0 Å². The Morgan fingerprint density at radius 3 is 0.838 bits per heavy atom. The number of hydrogen-bond donors (Lipinski definition) is 0. The molecule has 0 N–H and O–H groups in total. The number of allylic oxidation sites excluding steroid dienone is 4. The molecule has 68 heavy (non-hydrogen) atoms. The molecule has 1 atom stereocenters. The lowest BCUT2D eigenvalue weighted by Crippen LogP contribution is -2.30. The molecule has 0 aromatic heterocycles. The van der Waals surface area contributed by atoms with Crippen LogP contribution in [0, 0.1) is 0 Å². The number of carbonyl (C=O) groups excluding carboxylic acids is 3. The first-order valence-corrected chi connectivity index (χ1v) is 30.3. The van der Waals surface area contributed by atoms with E-state index < -0.39 is 6.10 Å². The highest BCUT2D eigenvalue weighted by molar-refractivity contribution is 5.71. The van der Waals surface area contributed by atoms with Crippen LogP contribution in [0.5, 0.6) is 0 Å². The Labute approximate surface area is 423 Å². The van der Waals surface area contributed by atoms with Gasteiger partial charge in [-0.1, -0.05) is 289 Å². The first kappa shape index (κ1) is 65.9. The van der Waals surface area contributed by atoms with Gasteiger partial charge in [0.2, 0.25) is 0 Å². The topological polar surface area (TPSA) is 78.9 Å². The fourth-order valence-corrected chi connectivity index (χ4v) is 9.12. The lowest BCUT2D eigenvalue weighted by molar-refractivity contribution is -0.167. The van der Waals surface area contributed by atoms with E-state index >= 15 is 0 Å². The maximum atomic E-state index is 12.8. The predicted molar refractivity (Wildman–Crippen MR) is 293 cm³/mol. The molecule has 0 fully saturated rings. The van der Waals surface area contributed by atoms with E-state index in [9.17, 15) is 14.4 Å². The van der Waals surface area contributed by atoms with E-state index in [1.807, 2.05) is 0 Å². The van der Waals surface area contributed by atoms with Gasteiger partial charge in [0.15, 0.2) is 6.10 Å². The molecule has 0 aliphatic carbocycles. The third-order valence-electron chi connectivity index (χ3n) is 13.7. The Hall–Kier alpha value is -2.11. The average molecular weight is 958 g/mol. The van der Waals surface area contributed by atoms with Gasteiger partial charge in [0.25, 0.3) is 0 Å². The van der Waals surface area contributed by atoms with Crippen LogP contribution in [-0.4, -0.2) is 37.2 Å². The van der Waals surface area contributed by atoms with E-state index in [-0.39, 0.29) is 31.1 Å². The first-order valence-electron chi connectivity index (χ1n) is 30.3. The summed E-state index contributed by atoms with van der Waals surface area (Å²) in [5.74, 6) is -0.875. The van der Waals surface area contributed by atoms with Gasteiger partial charge in [0, 0.05) is 19.3 Å². The van der Waals surface area contributed by atoms with E-state index in [1.54, 1.807) is 0 Å². The fourth-order valence-electron chi connectivity index (χ4n) is 9.12. The zero-order chi connectivity index (χ0) is 49.3. The quantitative estimate of drug-likeness (QED) is 0.0262. The molecule has 400 valence electrons. The Morgan fingerprint density at radius 2 is 0.529 bits per heavy atom. The van der Waals surface area contributed by atoms with Crippen LogP contribution in [0.2, 0.25) is 0 Å². The summed E-state index contributed by atoms with van der Waals surface area (Å²) in [5.41, 5.74) is 0. The molecule has 0 aliphatic heterocycles. The summed E-state index contributed by atoms with van der Waals surface area (Å²) in [6.45, 7) is 6.61. The molecule has 0 spiro atoms. The molecular weight excluding hydrogens is 841 g/mol. The number of ether oxygens (including phenoxy) is 3. The van der Waals surface area contributed by atoms with Crippen molar-refractivity contribution in [2.45, 2.75) is 341 Å². The first-order chi connectivity index (χ1) is 33.5. The number of unbranched alkanes of at least 4 members (excludes halogenated alkanes) is 41. The van der Waals surface area contributed by atoms with Crippen molar-refractivity contribution in [1.82, 2.24) is 0 Å². The molecule has 0 radical (unpaired) electrons. The highest BCUT2D eigenvalue weighted by atomic mass is 16.6. The number of hydrogen-bond acceptors (Lipinski definition) is 6. The molecule has 0 aliphatic rings. The van der Waals surface area contributed by atoms with Gasteiger partial charge in [0.05, 0.1) is 0 Å². The molecule has 6 heteroatoms. The van der Waals surface area contributed by atoms with E-state index in [0.717, 1.165) is 77.0 Å². The van der Waals surface area contributed by atoms with Crippen LogP contribution in [0.15, 0.2) is 24.3 Å². The van der Waals surface area contributed by atoms with Crippen molar-refractivity contribution < 1.29 is 28.6 Å². The molecule has 6 nitrogen and oxygen atoms in total. The largest absolute Gasteiger partial charge is 0.462 e. The van der Waals surface area contributed by atoms with E-state index in [4.69, 9.17) is 14.2 Å². The summed E-state index contributed by atoms with van der Waals surface area (Å²) in [6, 6.07) is 0. The minimum atomic E-state index is -0.772. The molecule has 0 heterocycles. The minimum absolute atomic E-state index is 0.0724. The van der Waals surface area contributed by atoms with Crippen LogP contribution < -0.4 is 0 Å². The molecule has 0 aromatic carbocycles. The predicted octanol–water partition coefficient (Wildman–Crippen LogP) is 20.3. The van der Waals surface area contributed by atoms with Crippen molar-refractivity contribution in [2.24, 2.45) is 0 Å². The normalized spacial score (nSPS) is 12.1. The summed E-state index contributed by atoms with van der Waals surface area (Å²) in [7, 11) is 0. The summed E-state index contributed by atoms with van der Waals surface area (Å²) in [5, 5.41) is 0. The molecule has 0 rings (SSSR count). The zero-order valence-electron chi connectivity index (χ0n) is 45.9. The molecule has 0 amide bonds. The van der Waals surface area contributed by atoms with E-state index in [0.29, 0.717) is 19.3 Å². The number of rotatable bonds is 56.